The maximum Gasteiger partial charge on any atom is 0.246 e. The minimum Gasteiger partial charge on any atom is -0.338 e. The molecule has 0 radical (unpaired) electrons. The van der Waals surface area contributed by atoms with Crippen LogP contribution in [0.25, 0.3) is 6.08 Å². The summed E-state index contributed by atoms with van der Waals surface area (Å²) in [7, 11) is -2.99. The molecule has 22 heavy (non-hydrogen) atoms. The molecule has 0 N–H and O–H groups in total. The Morgan fingerprint density at radius 2 is 2.05 bits per heavy atom. The molecule has 2 heterocycles. The Labute approximate surface area is 136 Å². The number of hydrogen-bond donors (Lipinski definition) is 0. The number of carbonyl (C=O) groups is 1. The van der Waals surface area contributed by atoms with Gasteiger partial charge >= 0.3 is 0 Å². The number of rotatable bonds is 2. The van der Waals surface area contributed by atoms with Crippen molar-refractivity contribution < 1.29 is 13.2 Å². The summed E-state index contributed by atoms with van der Waals surface area (Å²) in [4.78, 5) is 19.1. The molecule has 0 aliphatic carbocycles. The first-order chi connectivity index (χ1) is 10.2. The van der Waals surface area contributed by atoms with Crippen molar-refractivity contribution in [2.45, 2.75) is 32.6 Å². The number of aromatic nitrogens is 1. The Balaban J connectivity index is 2.01. The van der Waals surface area contributed by atoms with E-state index in [9.17, 15) is 13.2 Å². The van der Waals surface area contributed by atoms with Crippen molar-refractivity contribution >= 4 is 33.2 Å². The van der Waals surface area contributed by atoms with Crippen LogP contribution < -0.4 is 0 Å². The number of carbonyl (C=O) groups excluding carboxylic acids is 1. The van der Waals surface area contributed by atoms with Crippen LogP contribution in [0.4, 0.5) is 0 Å². The van der Waals surface area contributed by atoms with Crippen LogP contribution in [0.15, 0.2) is 12.3 Å². The van der Waals surface area contributed by atoms with E-state index in [0.29, 0.717) is 13.0 Å². The van der Waals surface area contributed by atoms with Crippen molar-refractivity contribution in [2.24, 2.45) is 0 Å². The highest BCUT2D eigenvalue weighted by molar-refractivity contribution is 7.91. The Morgan fingerprint density at radius 1 is 1.32 bits per heavy atom. The summed E-state index contributed by atoms with van der Waals surface area (Å²) in [6.45, 7) is 7.08. The van der Waals surface area contributed by atoms with Crippen molar-refractivity contribution in [3.63, 3.8) is 0 Å². The van der Waals surface area contributed by atoms with Crippen LogP contribution in [0, 0.1) is 0 Å². The molecule has 1 saturated heterocycles. The first-order valence-corrected chi connectivity index (χ1v) is 9.95. The standard InChI is InChI=1S/C15H22N2O3S2/c1-15(2,3)14-16-11-12(21-14)5-6-13(18)17-7-4-9-22(19,20)10-8-17/h5-6,11H,4,7-10H2,1-3H3/b6-5+. The second-order valence-corrected chi connectivity index (χ2v) is 9.85. The quantitative estimate of drug-likeness (QED) is 0.772. The molecule has 1 fully saturated rings. The zero-order chi connectivity index (χ0) is 16.4. The van der Waals surface area contributed by atoms with Gasteiger partial charge in [0.05, 0.1) is 16.5 Å². The lowest BCUT2D eigenvalue weighted by atomic mass is 9.98. The Hall–Kier alpha value is -1.21. The van der Waals surface area contributed by atoms with Crippen LogP contribution in [0.2, 0.25) is 0 Å². The Kier molecular flexibility index (Phi) is 5.07. The molecular weight excluding hydrogens is 320 g/mol. The van der Waals surface area contributed by atoms with Gasteiger partial charge in [-0.25, -0.2) is 13.4 Å². The second kappa shape index (κ2) is 6.50. The molecular formula is C15H22N2O3S2. The summed E-state index contributed by atoms with van der Waals surface area (Å²) in [5, 5.41) is 1.03. The highest BCUT2D eigenvalue weighted by Crippen LogP contribution is 2.27. The fourth-order valence-corrected chi connectivity index (χ4v) is 4.28. The lowest BCUT2D eigenvalue weighted by molar-refractivity contribution is -0.125. The van der Waals surface area contributed by atoms with Gasteiger partial charge < -0.3 is 4.90 Å². The topological polar surface area (TPSA) is 67.3 Å². The Morgan fingerprint density at radius 3 is 2.68 bits per heavy atom. The minimum absolute atomic E-state index is 0.0000871. The van der Waals surface area contributed by atoms with Gasteiger partial charge in [0.25, 0.3) is 0 Å². The van der Waals surface area contributed by atoms with Crippen LogP contribution >= 0.6 is 11.3 Å². The first-order valence-electron chi connectivity index (χ1n) is 7.31. The van der Waals surface area contributed by atoms with Gasteiger partial charge in [0.2, 0.25) is 5.91 Å². The van der Waals surface area contributed by atoms with E-state index in [4.69, 9.17) is 0 Å². The summed E-state index contributed by atoms with van der Waals surface area (Å²) >= 11 is 1.57. The third-order valence-corrected chi connectivity index (χ3v) is 6.53. The monoisotopic (exact) mass is 342 g/mol. The number of amides is 1. The van der Waals surface area contributed by atoms with Crippen molar-refractivity contribution in [3.05, 3.63) is 22.2 Å². The largest absolute Gasteiger partial charge is 0.338 e. The van der Waals surface area contributed by atoms with Gasteiger partial charge in [-0.05, 0) is 12.5 Å². The number of sulfone groups is 1. The van der Waals surface area contributed by atoms with Gasteiger partial charge in [-0.3, -0.25) is 4.79 Å². The molecule has 0 spiro atoms. The molecule has 0 bridgehead atoms. The summed E-state index contributed by atoms with van der Waals surface area (Å²) < 4.78 is 23.1. The van der Waals surface area contributed by atoms with Crippen molar-refractivity contribution in [3.8, 4) is 0 Å². The lowest BCUT2D eigenvalue weighted by Crippen LogP contribution is -2.32. The van der Waals surface area contributed by atoms with E-state index in [-0.39, 0.29) is 29.4 Å². The predicted molar refractivity (Wildman–Crippen MR) is 89.7 cm³/mol. The number of thiazole rings is 1. The molecule has 1 aromatic heterocycles. The molecule has 0 aromatic carbocycles. The van der Waals surface area contributed by atoms with Gasteiger partial charge in [-0.15, -0.1) is 11.3 Å². The SMILES string of the molecule is CC(C)(C)c1ncc(/C=C/C(=O)N2CCCS(=O)(=O)CC2)s1. The van der Waals surface area contributed by atoms with Crippen LogP contribution in [0.1, 0.15) is 37.1 Å². The van der Waals surface area contributed by atoms with Crippen molar-refractivity contribution in [1.29, 1.82) is 0 Å². The highest BCUT2D eigenvalue weighted by atomic mass is 32.2. The molecule has 5 nitrogen and oxygen atoms in total. The maximum absolute atomic E-state index is 12.2. The highest BCUT2D eigenvalue weighted by Gasteiger charge is 2.21. The van der Waals surface area contributed by atoms with Crippen molar-refractivity contribution in [2.75, 3.05) is 24.6 Å². The fraction of sp³-hybridized carbons (Fsp3) is 0.600. The average molecular weight is 342 g/mol. The van der Waals surface area contributed by atoms with E-state index < -0.39 is 9.84 Å². The number of nitrogens with zero attached hydrogens (tertiary/aromatic N) is 2. The molecule has 1 aliphatic heterocycles. The maximum atomic E-state index is 12.2. The van der Waals surface area contributed by atoms with Gasteiger partial charge in [0.1, 0.15) is 0 Å². The lowest BCUT2D eigenvalue weighted by Gasteiger charge is -2.17. The number of hydrogen-bond acceptors (Lipinski definition) is 5. The van der Waals surface area contributed by atoms with Gasteiger partial charge in [0, 0.05) is 35.7 Å². The minimum atomic E-state index is -2.99. The average Bonchev–Trinajstić information content (AvgIpc) is 2.81. The van der Waals surface area contributed by atoms with Crippen LogP contribution in [0.3, 0.4) is 0 Å². The molecule has 0 unspecified atom stereocenters. The van der Waals surface area contributed by atoms with Gasteiger partial charge in [-0.1, -0.05) is 20.8 Å². The molecule has 1 aliphatic rings. The summed E-state index contributed by atoms with van der Waals surface area (Å²) in [5.74, 6) is 0.0915. The van der Waals surface area contributed by atoms with Gasteiger partial charge in [0.15, 0.2) is 9.84 Å². The molecule has 1 aromatic rings. The van der Waals surface area contributed by atoms with E-state index in [0.717, 1.165) is 9.88 Å². The summed E-state index contributed by atoms with van der Waals surface area (Å²) in [6, 6.07) is 0. The van der Waals surface area contributed by atoms with E-state index in [2.05, 4.69) is 25.8 Å². The molecule has 7 heteroatoms. The second-order valence-electron chi connectivity index (χ2n) is 6.48. The zero-order valence-electron chi connectivity index (χ0n) is 13.2. The third-order valence-electron chi connectivity index (χ3n) is 3.42. The van der Waals surface area contributed by atoms with Crippen molar-refractivity contribution in [1.82, 2.24) is 9.88 Å². The van der Waals surface area contributed by atoms with Crippen LogP contribution in [-0.2, 0) is 20.0 Å². The van der Waals surface area contributed by atoms with E-state index in [1.807, 2.05) is 0 Å². The van der Waals surface area contributed by atoms with Gasteiger partial charge in [-0.2, -0.15) is 0 Å². The molecule has 2 rings (SSSR count). The molecule has 0 atom stereocenters. The zero-order valence-corrected chi connectivity index (χ0v) is 14.8. The predicted octanol–water partition coefficient (Wildman–Crippen LogP) is 2.10. The van der Waals surface area contributed by atoms with Crippen LogP contribution in [-0.4, -0.2) is 48.8 Å². The third kappa shape index (κ3) is 4.64. The first kappa shape index (κ1) is 17.1. The van der Waals surface area contributed by atoms with E-state index in [1.54, 1.807) is 28.5 Å². The summed E-state index contributed by atoms with van der Waals surface area (Å²) in [5.41, 5.74) is -0.0000871. The molecule has 0 saturated carbocycles. The molecule has 122 valence electrons. The molecule has 1 amide bonds. The van der Waals surface area contributed by atoms with Crippen LogP contribution in [0.5, 0.6) is 0 Å². The normalized spacial score (nSPS) is 19.3. The smallest absolute Gasteiger partial charge is 0.246 e. The fourth-order valence-electron chi connectivity index (χ4n) is 2.13. The Bertz CT molecular complexity index is 669. The van der Waals surface area contributed by atoms with E-state index in [1.165, 1.54) is 6.08 Å². The summed E-state index contributed by atoms with van der Waals surface area (Å²) in [6.07, 6.45) is 5.55. The van der Waals surface area contributed by atoms with E-state index >= 15 is 0 Å².